The molecule has 1 atom stereocenters. The molecule has 0 spiro atoms. The van der Waals surface area contributed by atoms with Crippen molar-refractivity contribution in [3.63, 3.8) is 0 Å². The molecule has 0 radical (unpaired) electrons. The van der Waals surface area contributed by atoms with Gasteiger partial charge in [0.25, 0.3) is 0 Å². The van der Waals surface area contributed by atoms with Crippen molar-refractivity contribution in [2.24, 2.45) is 0 Å². The summed E-state index contributed by atoms with van der Waals surface area (Å²) in [5, 5.41) is 11.5. The molecule has 1 saturated heterocycles. The van der Waals surface area contributed by atoms with Gasteiger partial charge in [-0.05, 0) is 53.9 Å². The lowest BCUT2D eigenvalue weighted by molar-refractivity contribution is 0.0450. The number of aliphatic hydroxyl groups is 1. The van der Waals surface area contributed by atoms with Crippen LogP contribution in [0.15, 0.2) is 71.2 Å². The van der Waals surface area contributed by atoms with Gasteiger partial charge in [0, 0.05) is 34.2 Å². The topological polar surface area (TPSA) is 23.5 Å². The van der Waals surface area contributed by atoms with Crippen molar-refractivity contribution in [3.05, 3.63) is 104 Å². The summed E-state index contributed by atoms with van der Waals surface area (Å²) in [6.45, 7) is 2.05. The molecule has 1 aliphatic heterocycles. The van der Waals surface area contributed by atoms with Crippen molar-refractivity contribution < 1.29 is 13.9 Å². The van der Waals surface area contributed by atoms with Crippen LogP contribution in [0.25, 0.3) is 0 Å². The number of benzene rings is 3. The van der Waals surface area contributed by atoms with E-state index in [2.05, 4.69) is 33.0 Å². The molecule has 30 heavy (non-hydrogen) atoms. The Morgan fingerprint density at radius 3 is 2.17 bits per heavy atom. The van der Waals surface area contributed by atoms with Gasteiger partial charge in [0.1, 0.15) is 17.2 Å². The SMILES string of the molecule is Fc1cc(Cl)cc(Br)c1.OC1(c2cc(F)cc(Cl)c2)CCN(Cc2ccccc2)C1. The summed E-state index contributed by atoms with van der Waals surface area (Å²) in [5.41, 5.74) is 0.739. The molecule has 1 N–H and O–H groups in total. The fourth-order valence-corrected chi connectivity index (χ4v) is 4.47. The maximum Gasteiger partial charge on any atom is 0.125 e. The Labute approximate surface area is 193 Å². The van der Waals surface area contributed by atoms with Crippen molar-refractivity contribution in [1.82, 2.24) is 4.90 Å². The number of hydrogen-bond acceptors (Lipinski definition) is 2. The molecule has 1 aliphatic rings. The van der Waals surface area contributed by atoms with Crippen molar-refractivity contribution in [1.29, 1.82) is 0 Å². The molecule has 0 aliphatic carbocycles. The minimum absolute atomic E-state index is 0.319. The maximum atomic E-state index is 13.5. The van der Waals surface area contributed by atoms with Gasteiger partial charge in [-0.25, -0.2) is 8.78 Å². The summed E-state index contributed by atoms with van der Waals surface area (Å²) in [4.78, 5) is 2.17. The first-order valence-corrected chi connectivity index (χ1v) is 10.9. The van der Waals surface area contributed by atoms with Gasteiger partial charge in [0.2, 0.25) is 0 Å². The molecule has 158 valence electrons. The van der Waals surface area contributed by atoms with Gasteiger partial charge in [0.15, 0.2) is 0 Å². The van der Waals surface area contributed by atoms with Gasteiger partial charge in [-0.2, -0.15) is 0 Å². The molecule has 3 aromatic carbocycles. The van der Waals surface area contributed by atoms with Gasteiger partial charge in [0.05, 0.1) is 0 Å². The first-order chi connectivity index (χ1) is 14.2. The largest absolute Gasteiger partial charge is 0.384 e. The molecule has 2 nitrogen and oxygen atoms in total. The smallest absolute Gasteiger partial charge is 0.125 e. The molecule has 7 heteroatoms. The standard InChI is InChI=1S/C17H17ClFNO.C6H3BrClF/c18-15-8-14(9-16(19)10-15)17(21)6-7-20(12-17)11-13-4-2-1-3-5-13;7-4-1-5(8)3-6(9)2-4/h1-5,8-10,21H,6-7,11-12H2;1-3H. The van der Waals surface area contributed by atoms with E-state index in [9.17, 15) is 13.9 Å². The second kappa shape index (κ2) is 10.2. The van der Waals surface area contributed by atoms with E-state index in [1.165, 1.54) is 29.8 Å². The second-order valence-corrected chi connectivity index (χ2v) is 9.01. The number of likely N-dealkylation sites (tertiary alicyclic amines) is 1. The molecule has 4 rings (SSSR count). The Kier molecular flexibility index (Phi) is 7.88. The van der Waals surface area contributed by atoms with E-state index in [1.807, 2.05) is 18.2 Å². The Bertz CT molecular complexity index is 935. The summed E-state index contributed by atoms with van der Waals surface area (Å²) in [5.74, 6) is -0.734. The Balaban J connectivity index is 0.000000239. The van der Waals surface area contributed by atoms with Crippen LogP contribution in [0.2, 0.25) is 10.0 Å². The van der Waals surface area contributed by atoms with E-state index in [4.69, 9.17) is 23.2 Å². The average molecular weight is 515 g/mol. The molecule has 0 saturated carbocycles. The van der Waals surface area contributed by atoms with E-state index in [1.54, 1.807) is 12.1 Å². The lowest BCUT2D eigenvalue weighted by Crippen LogP contribution is -2.30. The van der Waals surface area contributed by atoms with E-state index >= 15 is 0 Å². The second-order valence-electron chi connectivity index (χ2n) is 7.22. The van der Waals surface area contributed by atoms with Gasteiger partial charge < -0.3 is 5.11 Å². The highest BCUT2D eigenvalue weighted by Gasteiger charge is 2.38. The number of β-amino-alcohol motifs (C(OH)–C–C–N with tert-alkyl or cyclic N) is 1. The van der Waals surface area contributed by atoms with Crippen LogP contribution < -0.4 is 0 Å². The Morgan fingerprint density at radius 2 is 1.57 bits per heavy atom. The molecule has 1 heterocycles. The van der Waals surface area contributed by atoms with Gasteiger partial charge >= 0.3 is 0 Å². The number of nitrogens with zero attached hydrogens (tertiary/aromatic N) is 1. The van der Waals surface area contributed by atoms with Crippen molar-refractivity contribution in [3.8, 4) is 0 Å². The van der Waals surface area contributed by atoms with Gasteiger partial charge in [-0.1, -0.05) is 69.5 Å². The summed E-state index contributed by atoms with van der Waals surface area (Å²) in [6, 6.07) is 18.6. The molecule has 0 amide bonds. The van der Waals surface area contributed by atoms with Crippen LogP contribution in [-0.2, 0) is 12.1 Å². The average Bonchev–Trinajstić information content (AvgIpc) is 3.03. The lowest BCUT2D eigenvalue weighted by atomic mass is 9.93. The van der Waals surface area contributed by atoms with Crippen LogP contribution in [0, 0.1) is 11.6 Å². The third-order valence-electron chi connectivity index (χ3n) is 4.80. The third-order valence-corrected chi connectivity index (χ3v) is 5.70. The number of rotatable bonds is 3. The molecule has 0 aromatic heterocycles. The predicted molar refractivity (Wildman–Crippen MR) is 121 cm³/mol. The summed E-state index contributed by atoms with van der Waals surface area (Å²) < 4.78 is 26.5. The fraction of sp³-hybridized carbons (Fsp3) is 0.217. The number of halogens is 5. The van der Waals surface area contributed by atoms with Gasteiger partial charge in [-0.3, -0.25) is 4.90 Å². The van der Waals surface area contributed by atoms with Gasteiger partial charge in [-0.15, -0.1) is 0 Å². The Morgan fingerprint density at radius 1 is 0.933 bits per heavy atom. The van der Waals surface area contributed by atoms with Crippen LogP contribution in [0.1, 0.15) is 17.5 Å². The molecular weight excluding hydrogens is 495 g/mol. The lowest BCUT2D eigenvalue weighted by Gasteiger charge is -2.24. The van der Waals surface area contributed by atoms with Crippen LogP contribution in [-0.4, -0.2) is 23.1 Å². The minimum Gasteiger partial charge on any atom is -0.384 e. The first kappa shape index (κ1) is 23.2. The van der Waals surface area contributed by atoms with Crippen LogP contribution >= 0.6 is 39.1 Å². The molecule has 0 bridgehead atoms. The highest BCUT2D eigenvalue weighted by Crippen LogP contribution is 2.34. The Hall–Kier alpha value is -1.50. The van der Waals surface area contributed by atoms with E-state index in [-0.39, 0.29) is 5.82 Å². The van der Waals surface area contributed by atoms with Crippen LogP contribution in [0.3, 0.4) is 0 Å². The summed E-state index contributed by atoms with van der Waals surface area (Å²) >= 11 is 14.5. The minimum atomic E-state index is -1.03. The highest BCUT2D eigenvalue weighted by molar-refractivity contribution is 9.10. The monoisotopic (exact) mass is 513 g/mol. The molecule has 3 aromatic rings. The fourth-order valence-electron chi connectivity index (χ4n) is 3.43. The summed E-state index contributed by atoms with van der Waals surface area (Å²) in [6.07, 6.45) is 0.583. The highest BCUT2D eigenvalue weighted by atomic mass is 79.9. The number of hydrogen-bond donors (Lipinski definition) is 1. The van der Waals surface area contributed by atoms with E-state index in [0.717, 1.165) is 13.1 Å². The van der Waals surface area contributed by atoms with E-state index < -0.39 is 11.4 Å². The first-order valence-electron chi connectivity index (χ1n) is 9.30. The van der Waals surface area contributed by atoms with E-state index in [0.29, 0.717) is 33.0 Å². The quantitative estimate of drug-likeness (QED) is 0.414. The zero-order valence-electron chi connectivity index (χ0n) is 16.0. The molecular formula is C23H20BrCl2F2NO. The normalized spacial score (nSPS) is 18.7. The molecule has 1 unspecified atom stereocenters. The zero-order chi connectivity index (χ0) is 21.7. The predicted octanol–water partition coefficient (Wildman–Crippen LogP) is 6.81. The van der Waals surface area contributed by atoms with Crippen molar-refractivity contribution in [2.75, 3.05) is 13.1 Å². The third kappa shape index (κ3) is 6.50. The zero-order valence-corrected chi connectivity index (χ0v) is 19.1. The van der Waals surface area contributed by atoms with Crippen molar-refractivity contribution in [2.45, 2.75) is 18.6 Å². The summed E-state index contributed by atoms with van der Waals surface area (Å²) in [7, 11) is 0. The maximum absolute atomic E-state index is 13.5. The van der Waals surface area contributed by atoms with Crippen LogP contribution in [0.4, 0.5) is 8.78 Å². The molecule has 1 fully saturated rings. The van der Waals surface area contributed by atoms with Crippen LogP contribution in [0.5, 0.6) is 0 Å². The van der Waals surface area contributed by atoms with Crippen molar-refractivity contribution >= 4 is 39.1 Å².